The maximum atomic E-state index is 10.8. The summed E-state index contributed by atoms with van der Waals surface area (Å²) in [6.07, 6.45) is 2.57. The van der Waals surface area contributed by atoms with Gasteiger partial charge in [-0.25, -0.2) is 0 Å². The van der Waals surface area contributed by atoms with Gasteiger partial charge in [-0.3, -0.25) is 4.21 Å². The molecule has 0 bridgehead atoms. The van der Waals surface area contributed by atoms with E-state index in [4.69, 9.17) is 12.2 Å². The standard InChI is InChI=1S/C11H16N2OS2/c1-16(14)9-5-8-12-11(15)13-10-6-3-2-4-7-10/h2-4,6-7H,5,8-9H2,1H3,(H2,12,13,15). The predicted octanol–water partition coefficient (Wildman–Crippen LogP) is 1.74. The third kappa shape index (κ3) is 5.82. The fraction of sp³-hybridized carbons (Fsp3) is 0.364. The first-order valence-electron chi connectivity index (χ1n) is 5.08. The smallest absolute Gasteiger partial charge is 0.170 e. The molecule has 1 aromatic carbocycles. The Morgan fingerprint density at radius 2 is 2.06 bits per heavy atom. The molecule has 88 valence electrons. The Morgan fingerprint density at radius 3 is 2.69 bits per heavy atom. The van der Waals surface area contributed by atoms with Gasteiger partial charge in [-0.15, -0.1) is 0 Å². The first-order valence-corrected chi connectivity index (χ1v) is 7.22. The molecule has 0 spiro atoms. The Balaban J connectivity index is 2.19. The maximum Gasteiger partial charge on any atom is 0.170 e. The van der Waals surface area contributed by atoms with Crippen molar-refractivity contribution in [1.82, 2.24) is 5.32 Å². The monoisotopic (exact) mass is 256 g/mol. The highest BCUT2D eigenvalue weighted by atomic mass is 32.2. The van der Waals surface area contributed by atoms with Crippen LogP contribution in [0.5, 0.6) is 0 Å². The molecule has 1 aromatic rings. The van der Waals surface area contributed by atoms with E-state index in [9.17, 15) is 4.21 Å². The molecule has 0 fully saturated rings. The summed E-state index contributed by atoms with van der Waals surface area (Å²) in [6.45, 7) is 0.748. The number of thiocarbonyl (C=S) groups is 1. The molecule has 1 unspecified atom stereocenters. The minimum absolute atomic E-state index is 0.605. The van der Waals surface area contributed by atoms with Crippen LogP contribution in [0, 0.1) is 0 Å². The normalized spacial score (nSPS) is 11.8. The van der Waals surface area contributed by atoms with Gasteiger partial charge in [0.2, 0.25) is 0 Å². The SMILES string of the molecule is CS(=O)CCCNC(=S)Nc1ccccc1. The molecule has 16 heavy (non-hydrogen) atoms. The Kier molecular flexibility index (Phi) is 6.03. The van der Waals surface area contributed by atoms with Crippen LogP contribution in [0.3, 0.4) is 0 Å². The van der Waals surface area contributed by atoms with Gasteiger partial charge >= 0.3 is 0 Å². The molecule has 1 atom stereocenters. The Bertz CT molecular complexity index is 354. The lowest BCUT2D eigenvalue weighted by molar-refractivity contribution is 0.683. The van der Waals surface area contributed by atoms with Gasteiger partial charge in [0.1, 0.15) is 0 Å². The van der Waals surface area contributed by atoms with Crippen LogP contribution in [0.1, 0.15) is 6.42 Å². The number of benzene rings is 1. The third-order valence-electron chi connectivity index (χ3n) is 1.93. The van der Waals surface area contributed by atoms with Crippen LogP contribution in [-0.2, 0) is 10.8 Å². The molecule has 3 nitrogen and oxygen atoms in total. The number of hydrogen-bond donors (Lipinski definition) is 2. The third-order valence-corrected chi connectivity index (χ3v) is 3.04. The molecule has 0 aromatic heterocycles. The molecule has 0 saturated heterocycles. The van der Waals surface area contributed by atoms with Crippen LogP contribution in [-0.4, -0.2) is 27.9 Å². The summed E-state index contributed by atoms with van der Waals surface area (Å²) < 4.78 is 10.8. The van der Waals surface area contributed by atoms with Crippen molar-refractivity contribution in [3.63, 3.8) is 0 Å². The van der Waals surface area contributed by atoms with Gasteiger partial charge in [-0.2, -0.15) is 0 Å². The average molecular weight is 256 g/mol. The quantitative estimate of drug-likeness (QED) is 0.622. The van der Waals surface area contributed by atoms with Crippen molar-refractivity contribution in [1.29, 1.82) is 0 Å². The zero-order chi connectivity index (χ0) is 11.8. The van der Waals surface area contributed by atoms with Crippen LogP contribution in [0.2, 0.25) is 0 Å². The summed E-state index contributed by atoms with van der Waals surface area (Å²) in [7, 11) is -0.722. The fourth-order valence-corrected chi connectivity index (χ4v) is 1.94. The van der Waals surface area contributed by atoms with Crippen LogP contribution in [0.15, 0.2) is 30.3 Å². The van der Waals surface area contributed by atoms with E-state index < -0.39 is 10.8 Å². The van der Waals surface area contributed by atoms with Gasteiger partial charge in [-0.1, -0.05) is 18.2 Å². The maximum absolute atomic E-state index is 10.8. The first-order chi connectivity index (χ1) is 7.68. The lowest BCUT2D eigenvalue weighted by atomic mass is 10.3. The lowest BCUT2D eigenvalue weighted by Crippen LogP contribution is -2.29. The summed E-state index contributed by atoms with van der Waals surface area (Å²) in [6, 6.07) is 9.76. The van der Waals surface area contributed by atoms with E-state index in [1.807, 2.05) is 30.3 Å². The van der Waals surface area contributed by atoms with E-state index in [2.05, 4.69) is 10.6 Å². The van der Waals surface area contributed by atoms with Gasteiger partial charge < -0.3 is 10.6 Å². The van der Waals surface area contributed by atoms with Gasteiger partial charge in [0, 0.05) is 35.0 Å². The fourth-order valence-electron chi connectivity index (χ4n) is 1.17. The van der Waals surface area contributed by atoms with Crippen molar-refractivity contribution < 1.29 is 4.21 Å². The molecule has 0 amide bonds. The average Bonchev–Trinajstić information content (AvgIpc) is 2.25. The van der Waals surface area contributed by atoms with Crippen molar-refractivity contribution in [2.75, 3.05) is 23.9 Å². The van der Waals surface area contributed by atoms with E-state index in [0.29, 0.717) is 10.9 Å². The molecule has 0 aliphatic heterocycles. The summed E-state index contributed by atoms with van der Waals surface area (Å²) in [5, 5.41) is 6.75. The van der Waals surface area contributed by atoms with Gasteiger partial charge in [0.25, 0.3) is 0 Å². The second-order valence-electron chi connectivity index (χ2n) is 3.38. The lowest BCUT2D eigenvalue weighted by Gasteiger charge is -2.09. The van der Waals surface area contributed by atoms with E-state index in [-0.39, 0.29) is 0 Å². The molecule has 2 N–H and O–H groups in total. The van der Waals surface area contributed by atoms with Crippen molar-refractivity contribution in [2.24, 2.45) is 0 Å². The number of anilines is 1. The summed E-state index contributed by atoms with van der Waals surface area (Å²) in [5.74, 6) is 0.709. The first kappa shape index (κ1) is 13.1. The zero-order valence-corrected chi connectivity index (χ0v) is 10.9. The Hall–Kier alpha value is -0.940. The number of nitrogens with one attached hydrogen (secondary N) is 2. The summed E-state index contributed by atoms with van der Waals surface area (Å²) in [5.41, 5.74) is 0.971. The largest absolute Gasteiger partial charge is 0.362 e. The minimum atomic E-state index is -0.722. The van der Waals surface area contributed by atoms with Gasteiger partial charge in [0.15, 0.2) is 5.11 Å². The van der Waals surface area contributed by atoms with Crippen molar-refractivity contribution in [3.8, 4) is 0 Å². The molecule has 0 heterocycles. The summed E-state index contributed by atoms with van der Waals surface area (Å²) >= 11 is 5.12. The molecular formula is C11H16N2OS2. The second kappa shape index (κ2) is 7.35. The highest BCUT2D eigenvalue weighted by Gasteiger charge is 1.96. The number of rotatable bonds is 5. The van der Waals surface area contributed by atoms with Crippen LogP contribution in [0.25, 0.3) is 0 Å². The predicted molar refractivity (Wildman–Crippen MR) is 74.2 cm³/mol. The highest BCUT2D eigenvalue weighted by molar-refractivity contribution is 7.84. The van der Waals surface area contributed by atoms with Crippen LogP contribution >= 0.6 is 12.2 Å². The topological polar surface area (TPSA) is 41.1 Å². The van der Waals surface area contributed by atoms with Crippen molar-refractivity contribution in [3.05, 3.63) is 30.3 Å². The van der Waals surface area contributed by atoms with Gasteiger partial charge in [-0.05, 0) is 30.8 Å². The zero-order valence-electron chi connectivity index (χ0n) is 9.23. The molecular weight excluding hydrogens is 240 g/mol. The molecule has 0 radical (unpaired) electrons. The van der Waals surface area contributed by atoms with E-state index in [0.717, 1.165) is 18.7 Å². The summed E-state index contributed by atoms with van der Waals surface area (Å²) in [4.78, 5) is 0. The van der Waals surface area contributed by atoms with Crippen molar-refractivity contribution >= 4 is 33.8 Å². The van der Waals surface area contributed by atoms with Crippen LogP contribution < -0.4 is 10.6 Å². The van der Waals surface area contributed by atoms with E-state index in [1.54, 1.807) is 6.26 Å². The van der Waals surface area contributed by atoms with Crippen LogP contribution in [0.4, 0.5) is 5.69 Å². The highest BCUT2D eigenvalue weighted by Crippen LogP contribution is 2.04. The molecule has 1 rings (SSSR count). The Labute approximate surface area is 104 Å². The van der Waals surface area contributed by atoms with Crippen molar-refractivity contribution in [2.45, 2.75) is 6.42 Å². The number of para-hydroxylation sites is 1. The molecule has 0 aliphatic carbocycles. The van der Waals surface area contributed by atoms with E-state index in [1.165, 1.54) is 0 Å². The Morgan fingerprint density at radius 1 is 1.38 bits per heavy atom. The molecule has 5 heteroatoms. The molecule has 0 saturated carbocycles. The van der Waals surface area contributed by atoms with Gasteiger partial charge in [0.05, 0.1) is 0 Å². The second-order valence-corrected chi connectivity index (χ2v) is 5.34. The number of hydrogen-bond acceptors (Lipinski definition) is 2. The van der Waals surface area contributed by atoms with E-state index >= 15 is 0 Å². The minimum Gasteiger partial charge on any atom is -0.362 e. The molecule has 0 aliphatic rings.